The number of benzene rings is 2. The molecule has 3 heteroatoms. The molecule has 92 valence electrons. The van der Waals surface area contributed by atoms with Crippen LogP contribution in [0.1, 0.15) is 15.9 Å². The highest BCUT2D eigenvalue weighted by Gasteiger charge is 2.12. The van der Waals surface area contributed by atoms with E-state index in [0.717, 1.165) is 11.0 Å². The summed E-state index contributed by atoms with van der Waals surface area (Å²) >= 11 is 0. The molecule has 0 aliphatic heterocycles. The van der Waals surface area contributed by atoms with E-state index in [1.807, 2.05) is 55.5 Å². The van der Waals surface area contributed by atoms with Crippen molar-refractivity contribution >= 4 is 26.1 Å². The molecule has 0 heterocycles. The quantitative estimate of drug-likeness (QED) is 0.757. The molecule has 0 spiro atoms. The van der Waals surface area contributed by atoms with Crippen molar-refractivity contribution in [3.05, 3.63) is 59.7 Å². The van der Waals surface area contributed by atoms with Gasteiger partial charge in [0.15, 0.2) is 0 Å². The predicted octanol–water partition coefficient (Wildman–Crippen LogP) is 2.77. The van der Waals surface area contributed by atoms with Crippen molar-refractivity contribution in [2.24, 2.45) is 0 Å². The lowest BCUT2D eigenvalue weighted by Crippen LogP contribution is -2.26. The van der Waals surface area contributed by atoms with Gasteiger partial charge in [-0.1, -0.05) is 29.8 Å². The van der Waals surface area contributed by atoms with E-state index in [4.69, 9.17) is 0 Å². The first-order valence-electron chi connectivity index (χ1n) is 5.78. The van der Waals surface area contributed by atoms with Gasteiger partial charge in [0.2, 0.25) is 0 Å². The van der Waals surface area contributed by atoms with Crippen LogP contribution in [0.2, 0.25) is 0 Å². The van der Waals surface area contributed by atoms with E-state index < -0.39 is 0 Å². The van der Waals surface area contributed by atoms with E-state index in [9.17, 15) is 4.79 Å². The minimum Gasteiger partial charge on any atom is -0.311 e. The standard InChI is InChI=1S/C15H16NOP/c1-11-6-8-13(9-7-11)16(2)15(17)12-4-3-5-14(18)10-12/h3-10H,18H2,1-2H3. The van der Waals surface area contributed by atoms with Crippen molar-refractivity contribution in [3.8, 4) is 0 Å². The molecular formula is C15H16NOP. The van der Waals surface area contributed by atoms with Crippen LogP contribution >= 0.6 is 9.24 Å². The highest BCUT2D eigenvalue weighted by Crippen LogP contribution is 2.16. The number of rotatable bonds is 2. The minimum absolute atomic E-state index is 0.00292. The van der Waals surface area contributed by atoms with Gasteiger partial charge in [0, 0.05) is 18.3 Å². The van der Waals surface area contributed by atoms with E-state index in [0.29, 0.717) is 5.56 Å². The maximum Gasteiger partial charge on any atom is 0.258 e. The van der Waals surface area contributed by atoms with Gasteiger partial charge >= 0.3 is 0 Å². The fourth-order valence-corrected chi connectivity index (χ4v) is 2.04. The van der Waals surface area contributed by atoms with E-state index in [1.54, 1.807) is 11.9 Å². The van der Waals surface area contributed by atoms with Crippen molar-refractivity contribution in [1.29, 1.82) is 0 Å². The van der Waals surface area contributed by atoms with Crippen molar-refractivity contribution in [3.63, 3.8) is 0 Å². The van der Waals surface area contributed by atoms with Crippen molar-refractivity contribution in [1.82, 2.24) is 0 Å². The number of amides is 1. The van der Waals surface area contributed by atoms with Gasteiger partial charge in [-0.15, -0.1) is 9.24 Å². The lowest BCUT2D eigenvalue weighted by Gasteiger charge is -2.17. The summed E-state index contributed by atoms with van der Waals surface area (Å²) in [4.78, 5) is 14.0. The molecule has 1 unspecified atom stereocenters. The van der Waals surface area contributed by atoms with E-state index >= 15 is 0 Å². The summed E-state index contributed by atoms with van der Waals surface area (Å²) < 4.78 is 0. The van der Waals surface area contributed by atoms with Gasteiger partial charge in [-0.2, -0.15) is 0 Å². The molecule has 2 rings (SSSR count). The molecule has 0 saturated heterocycles. The highest BCUT2D eigenvalue weighted by molar-refractivity contribution is 7.27. The molecule has 2 nitrogen and oxygen atoms in total. The fraction of sp³-hybridized carbons (Fsp3) is 0.133. The monoisotopic (exact) mass is 257 g/mol. The summed E-state index contributed by atoms with van der Waals surface area (Å²) in [6, 6.07) is 15.5. The van der Waals surface area contributed by atoms with Gasteiger partial charge in [0.25, 0.3) is 5.91 Å². The van der Waals surface area contributed by atoms with E-state index in [1.165, 1.54) is 5.56 Å². The summed E-state index contributed by atoms with van der Waals surface area (Å²) in [5.74, 6) is 0.00292. The number of carbonyl (C=O) groups excluding carboxylic acids is 1. The summed E-state index contributed by atoms with van der Waals surface area (Å²) in [5.41, 5.74) is 2.79. The fourth-order valence-electron chi connectivity index (χ4n) is 1.75. The second-order valence-corrected chi connectivity index (χ2v) is 4.99. The Labute approximate surface area is 110 Å². The summed E-state index contributed by atoms with van der Waals surface area (Å²) in [7, 11) is 4.40. The molecule has 0 N–H and O–H groups in total. The van der Waals surface area contributed by atoms with Gasteiger partial charge in [0.1, 0.15) is 0 Å². The second kappa shape index (κ2) is 5.32. The Morgan fingerprint density at radius 3 is 2.39 bits per heavy atom. The topological polar surface area (TPSA) is 20.3 Å². The largest absolute Gasteiger partial charge is 0.311 e. The smallest absolute Gasteiger partial charge is 0.258 e. The Morgan fingerprint density at radius 2 is 1.78 bits per heavy atom. The van der Waals surface area contributed by atoms with Crippen LogP contribution in [-0.2, 0) is 0 Å². The first kappa shape index (κ1) is 12.8. The molecule has 0 fully saturated rings. The number of nitrogens with zero attached hydrogens (tertiary/aromatic N) is 1. The number of hydrogen-bond acceptors (Lipinski definition) is 1. The predicted molar refractivity (Wildman–Crippen MR) is 79.7 cm³/mol. The molecule has 0 saturated carbocycles. The molecule has 1 amide bonds. The summed E-state index contributed by atoms with van der Waals surface area (Å²) in [5, 5.41) is 1.01. The number of anilines is 1. The van der Waals surface area contributed by atoms with Crippen molar-refractivity contribution in [2.75, 3.05) is 11.9 Å². The van der Waals surface area contributed by atoms with Crippen LogP contribution in [0.15, 0.2) is 48.5 Å². The van der Waals surface area contributed by atoms with Crippen LogP contribution in [0, 0.1) is 6.92 Å². The van der Waals surface area contributed by atoms with Crippen molar-refractivity contribution < 1.29 is 4.79 Å². The highest BCUT2D eigenvalue weighted by atomic mass is 31.0. The average molecular weight is 257 g/mol. The third kappa shape index (κ3) is 2.77. The number of aryl methyl sites for hydroxylation is 1. The Hall–Kier alpha value is -1.66. The van der Waals surface area contributed by atoms with Crippen LogP contribution in [-0.4, -0.2) is 13.0 Å². The van der Waals surface area contributed by atoms with Gasteiger partial charge < -0.3 is 4.90 Å². The molecule has 0 radical (unpaired) electrons. The van der Waals surface area contributed by atoms with Crippen LogP contribution in [0.4, 0.5) is 5.69 Å². The Bertz CT molecular complexity index is 563. The molecule has 0 bridgehead atoms. The molecular weight excluding hydrogens is 241 g/mol. The lowest BCUT2D eigenvalue weighted by atomic mass is 10.1. The van der Waals surface area contributed by atoms with Crippen LogP contribution in [0.5, 0.6) is 0 Å². The van der Waals surface area contributed by atoms with Crippen LogP contribution < -0.4 is 10.2 Å². The molecule has 0 aliphatic rings. The van der Waals surface area contributed by atoms with Gasteiger partial charge in [-0.05, 0) is 36.5 Å². The van der Waals surface area contributed by atoms with Gasteiger partial charge in [0.05, 0.1) is 0 Å². The maximum atomic E-state index is 12.3. The normalized spacial score (nSPS) is 10.2. The zero-order valence-corrected chi connectivity index (χ0v) is 11.7. The molecule has 0 aromatic heterocycles. The minimum atomic E-state index is 0.00292. The third-order valence-corrected chi connectivity index (χ3v) is 3.22. The van der Waals surface area contributed by atoms with Crippen LogP contribution in [0.25, 0.3) is 0 Å². The zero-order valence-electron chi connectivity index (χ0n) is 10.6. The third-order valence-electron chi connectivity index (χ3n) is 2.86. The molecule has 1 atom stereocenters. The summed E-state index contributed by atoms with van der Waals surface area (Å²) in [6.45, 7) is 2.03. The Balaban J connectivity index is 2.26. The van der Waals surface area contributed by atoms with Gasteiger partial charge in [-0.25, -0.2) is 0 Å². The lowest BCUT2D eigenvalue weighted by molar-refractivity contribution is 0.0993. The number of carbonyl (C=O) groups is 1. The second-order valence-electron chi connectivity index (χ2n) is 4.33. The first-order valence-corrected chi connectivity index (χ1v) is 6.36. The SMILES string of the molecule is Cc1ccc(N(C)C(=O)c2cccc(P)c2)cc1. The molecule has 0 aliphatic carbocycles. The van der Waals surface area contributed by atoms with Gasteiger partial charge in [-0.3, -0.25) is 4.79 Å². The Morgan fingerprint density at radius 1 is 1.11 bits per heavy atom. The maximum absolute atomic E-state index is 12.3. The van der Waals surface area contributed by atoms with Crippen molar-refractivity contribution in [2.45, 2.75) is 6.92 Å². The summed E-state index contributed by atoms with van der Waals surface area (Å²) in [6.07, 6.45) is 0. The zero-order chi connectivity index (χ0) is 13.1. The van der Waals surface area contributed by atoms with E-state index in [-0.39, 0.29) is 5.91 Å². The molecule has 2 aromatic carbocycles. The van der Waals surface area contributed by atoms with Crippen LogP contribution in [0.3, 0.4) is 0 Å². The average Bonchev–Trinajstić information content (AvgIpc) is 2.38. The Kier molecular flexibility index (Phi) is 3.78. The number of hydrogen-bond donors (Lipinski definition) is 0. The van der Waals surface area contributed by atoms with E-state index in [2.05, 4.69) is 9.24 Å². The first-order chi connectivity index (χ1) is 8.58. The molecule has 18 heavy (non-hydrogen) atoms. The molecule has 2 aromatic rings.